The van der Waals surface area contributed by atoms with Gasteiger partial charge in [-0.15, -0.1) is 12.6 Å². The molecule has 2 saturated heterocycles. The van der Waals surface area contributed by atoms with Crippen LogP contribution in [0.3, 0.4) is 0 Å². The van der Waals surface area contributed by atoms with Gasteiger partial charge in [-0.1, -0.05) is 12.1 Å². The first-order chi connectivity index (χ1) is 21.4. The maximum Gasteiger partial charge on any atom is 0.451 e. The molecule has 16 heteroatoms. The quantitative estimate of drug-likeness (QED) is 0.389. The molecule has 2 amide bonds. The van der Waals surface area contributed by atoms with E-state index in [4.69, 9.17) is 17.9 Å². The van der Waals surface area contributed by atoms with Crippen molar-refractivity contribution < 1.29 is 35.4 Å². The first kappa shape index (κ1) is 35.2. The van der Waals surface area contributed by atoms with Gasteiger partial charge >= 0.3 is 22.8 Å². The molecular formula is C29H36F3N7O5S. The molecule has 1 aromatic carbocycles. The molecule has 2 aromatic rings. The van der Waals surface area contributed by atoms with Crippen molar-refractivity contribution in [2.75, 3.05) is 43.0 Å². The van der Waals surface area contributed by atoms with Crippen molar-refractivity contribution in [2.45, 2.75) is 63.6 Å². The zero-order valence-electron chi connectivity index (χ0n) is 24.8. The van der Waals surface area contributed by atoms with E-state index in [1.807, 2.05) is 17.0 Å². The maximum atomic E-state index is 13.8. The van der Waals surface area contributed by atoms with E-state index in [1.54, 1.807) is 30.1 Å². The third-order valence-corrected chi connectivity index (χ3v) is 7.85. The van der Waals surface area contributed by atoms with E-state index in [9.17, 15) is 22.8 Å². The second kappa shape index (κ2) is 16.7. The Labute approximate surface area is 261 Å². The number of hydrogen-bond acceptors (Lipinski definition) is 10. The van der Waals surface area contributed by atoms with Crippen LogP contribution in [0.1, 0.15) is 61.9 Å². The number of ketones is 1. The lowest BCUT2D eigenvalue weighted by atomic mass is 9.93. The van der Waals surface area contributed by atoms with Gasteiger partial charge in [0.15, 0.2) is 5.78 Å². The van der Waals surface area contributed by atoms with Gasteiger partial charge in [0.05, 0.1) is 17.7 Å². The standard InChI is InChI=1S/C29H36F3N7O2.O3S/c1-34-28(41)35-14-11-21-12-16-38(17-13-21)25-18-26(37-27(36-25)29(30,31)32)39-15-3-5-23(39)24(40)6-2-4-20-7-9-22(19-33)10-8-20;1-4(2)3/h7-10,18,21,23H,2-6,11-17H2,1H3,(H2,34,35,41);/t23-;/m0./s1. The number of aryl methyl sites for hydroxylation is 1. The lowest BCUT2D eigenvalue weighted by Gasteiger charge is -2.34. The molecule has 45 heavy (non-hydrogen) atoms. The third-order valence-electron chi connectivity index (χ3n) is 7.85. The monoisotopic (exact) mass is 651 g/mol. The smallest absolute Gasteiger partial charge is 0.356 e. The summed E-state index contributed by atoms with van der Waals surface area (Å²) in [6.07, 6.45) is 0.521. The fraction of sp³-hybridized carbons (Fsp3) is 0.552. The Balaban J connectivity index is 0.00000130. The van der Waals surface area contributed by atoms with Crippen LogP contribution >= 0.6 is 0 Å². The molecule has 2 aliphatic heterocycles. The number of aromatic nitrogens is 2. The summed E-state index contributed by atoms with van der Waals surface area (Å²) < 4.78 is 66.9. The number of piperidine rings is 1. The summed E-state index contributed by atoms with van der Waals surface area (Å²) in [6, 6.07) is 10.1. The molecule has 0 spiro atoms. The highest BCUT2D eigenvalue weighted by Crippen LogP contribution is 2.34. The van der Waals surface area contributed by atoms with Gasteiger partial charge in [-0.05, 0) is 68.6 Å². The summed E-state index contributed by atoms with van der Waals surface area (Å²) in [4.78, 5) is 35.9. The summed E-state index contributed by atoms with van der Waals surface area (Å²) in [7, 11) is -1.56. The predicted molar refractivity (Wildman–Crippen MR) is 158 cm³/mol. The second-order valence-electron chi connectivity index (χ2n) is 10.8. The molecule has 0 radical (unpaired) electrons. The number of alkyl halides is 3. The Hall–Kier alpha value is -4.26. The molecule has 12 nitrogen and oxygen atoms in total. The van der Waals surface area contributed by atoms with E-state index < -0.39 is 28.7 Å². The Morgan fingerprint density at radius 2 is 1.69 bits per heavy atom. The number of nitriles is 1. The largest absolute Gasteiger partial charge is 0.451 e. The highest BCUT2D eigenvalue weighted by molar-refractivity contribution is 7.59. The van der Waals surface area contributed by atoms with Crippen molar-refractivity contribution in [3.05, 3.63) is 47.3 Å². The molecule has 0 aliphatic carbocycles. The highest BCUT2D eigenvalue weighted by atomic mass is 32.2. The predicted octanol–water partition coefficient (Wildman–Crippen LogP) is 3.46. The van der Waals surface area contributed by atoms with Crippen LogP contribution in [0.15, 0.2) is 30.3 Å². The van der Waals surface area contributed by atoms with Crippen LogP contribution < -0.4 is 20.4 Å². The van der Waals surface area contributed by atoms with E-state index in [0.29, 0.717) is 69.8 Å². The minimum atomic E-state index is -4.71. The first-order valence-electron chi connectivity index (χ1n) is 14.6. The van der Waals surface area contributed by atoms with Crippen molar-refractivity contribution in [3.8, 4) is 6.07 Å². The number of amides is 2. The average molecular weight is 652 g/mol. The van der Waals surface area contributed by atoms with Gasteiger partial charge in [0, 0.05) is 45.7 Å². The fourth-order valence-corrected chi connectivity index (χ4v) is 5.54. The number of halogens is 3. The van der Waals surface area contributed by atoms with Crippen molar-refractivity contribution >= 4 is 34.1 Å². The van der Waals surface area contributed by atoms with Gasteiger partial charge in [0.25, 0.3) is 0 Å². The van der Waals surface area contributed by atoms with E-state index in [1.165, 1.54) is 0 Å². The third kappa shape index (κ3) is 11.0. The van der Waals surface area contributed by atoms with Crippen LogP contribution in [0.2, 0.25) is 0 Å². The zero-order valence-corrected chi connectivity index (χ0v) is 25.7. The van der Waals surface area contributed by atoms with Gasteiger partial charge in [-0.3, -0.25) is 4.79 Å². The minimum Gasteiger partial charge on any atom is -0.356 e. The Morgan fingerprint density at radius 1 is 1.04 bits per heavy atom. The summed E-state index contributed by atoms with van der Waals surface area (Å²) in [5.41, 5.74) is 1.61. The molecule has 2 fully saturated rings. The SMILES string of the molecule is CNC(=O)NCCC1CCN(c2cc(N3CCC[C@H]3C(=O)CCCc3ccc(C#N)cc3)nc(C(F)(F)F)n2)CC1.O=S(=O)=O. The average Bonchev–Trinajstić information content (AvgIpc) is 3.51. The van der Waals surface area contributed by atoms with Gasteiger partial charge in [0.1, 0.15) is 11.6 Å². The molecule has 0 bridgehead atoms. The van der Waals surface area contributed by atoms with Crippen LogP contribution in [0.4, 0.5) is 29.6 Å². The molecule has 1 atom stereocenters. The van der Waals surface area contributed by atoms with Gasteiger partial charge < -0.3 is 20.4 Å². The topological polar surface area (TPSA) is 165 Å². The number of carbonyl (C=O) groups is 2. The molecular weight excluding hydrogens is 615 g/mol. The Bertz CT molecular complexity index is 1450. The van der Waals surface area contributed by atoms with Gasteiger partial charge in [0.2, 0.25) is 5.82 Å². The highest BCUT2D eigenvalue weighted by Gasteiger charge is 2.38. The van der Waals surface area contributed by atoms with Crippen molar-refractivity contribution in [1.82, 2.24) is 20.6 Å². The lowest BCUT2D eigenvalue weighted by molar-refractivity contribution is -0.144. The molecule has 2 N–H and O–H groups in total. The van der Waals surface area contributed by atoms with E-state index in [2.05, 4.69) is 26.7 Å². The Kier molecular flexibility index (Phi) is 13.1. The molecule has 0 unspecified atom stereocenters. The summed E-state index contributed by atoms with van der Waals surface area (Å²) in [5, 5.41) is 14.2. The van der Waals surface area contributed by atoms with Crippen molar-refractivity contribution in [2.24, 2.45) is 5.92 Å². The number of rotatable bonds is 10. The number of carbonyl (C=O) groups excluding carboxylic acids is 2. The van der Waals surface area contributed by atoms with Crippen LogP contribution in [-0.4, -0.2) is 73.7 Å². The summed E-state index contributed by atoms with van der Waals surface area (Å²) in [6.45, 7) is 2.10. The van der Waals surface area contributed by atoms with E-state index in [0.717, 1.165) is 24.8 Å². The number of nitrogens with zero attached hydrogens (tertiary/aromatic N) is 5. The van der Waals surface area contributed by atoms with Crippen molar-refractivity contribution in [1.29, 1.82) is 5.26 Å². The number of hydrogen-bond donors (Lipinski definition) is 2. The number of urea groups is 1. The number of anilines is 2. The molecule has 1 aromatic heterocycles. The van der Waals surface area contributed by atoms with Gasteiger partial charge in [-0.2, -0.15) is 18.4 Å². The number of benzene rings is 1. The van der Waals surface area contributed by atoms with Crippen LogP contribution in [0.5, 0.6) is 0 Å². The normalized spacial score (nSPS) is 16.7. The molecule has 244 valence electrons. The van der Waals surface area contributed by atoms with Crippen LogP contribution in [0, 0.1) is 17.2 Å². The lowest BCUT2D eigenvalue weighted by Crippen LogP contribution is -2.39. The molecule has 0 saturated carbocycles. The first-order valence-corrected chi connectivity index (χ1v) is 15.6. The molecule has 4 rings (SSSR count). The minimum absolute atomic E-state index is 0.00366. The summed E-state index contributed by atoms with van der Waals surface area (Å²) in [5.74, 6) is -0.473. The van der Waals surface area contributed by atoms with Crippen LogP contribution in [-0.2, 0) is 28.0 Å². The summed E-state index contributed by atoms with van der Waals surface area (Å²) >= 11 is 0. The van der Waals surface area contributed by atoms with Gasteiger partial charge in [-0.25, -0.2) is 14.8 Å². The second-order valence-corrected chi connectivity index (χ2v) is 11.2. The molecule has 3 heterocycles. The Morgan fingerprint density at radius 3 is 2.29 bits per heavy atom. The van der Waals surface area contributed by atoms with E-state index >= 15 is 0 Å². The number of nitrogens with one attached hydrogen (secondary N) is 2. The van der Waals surface area contributed by atoms with Crippen LogP contribution in [0.25, 0.3) is 0 Å². The molecule has 2 aliphatic rings. The number of Topliss-reactive ketones (excluding diaryl/α,β-unsaturated/α-hetero) is 1. The van der Waals surface area contributed by atoms with Crippen molar-refractivity contribution in [3.63, 3.8) is 0 Å². The zero-order chi connectivity index (χ0) is 33.0. The fourth-order valence-electron chi connectivity index (χ4n) is 5.54. The van der Waals surface area contributed by atoms with E-state index in [-0.39, 0.29) is 23.5 Å². The maximum absolute atomic E-state index is 13.8.